The summed E-state index contributed by atoms with van der Waals surface area (Å²) in [5.41, 5.74) is 1.45. The van der Waals surface area contributed by atoms with Crippen molar-refractivity contribution in [2.75, 3.05) is 19.8 Å². The van der Waals surface area contributed by atoms with Crippen LogP contribution in [0.25, 0.3) is 0 Å². The van der Waals surface area contributed by atoms with Gasteiger partial charge in [-0.05, 0) is 31.0 Å². The Hall–Kier alpha value is -1.00. The minimum absolute atomic E-state index is 0.287. The number of aryl methyl sites for hydroxylation is 1. The monoisotopic (exact) mass is 254 g/mol. The molecule has 1 rings (SSSR count). The van der Waals surface area contributed by atoms with Gasteiger partial charge in [0.15, 0.2) is 0 Å². The Morgan fingerprint density at radius 3 is 2.76 bits per heavy atom. The Balaban J connectivity index is 2.44. The molecule has 0 aliphatic heterocycles. The lowest BCUT2D eigenvalue weighted by atomic mass is 10.1. The molecule has 0 spiro atoms. The van der Waals surface area contributed by atoms with Crippen LogP contribution in [0.1, 0.15) is 29.3 Å². The van der Waals surface area contributed by atoms with Crippen molar-refractivity contribution in [3.8, 4) is 0 Å². The maximum absolute atomic E-state index is 11.7. The van der Waals surface area contributed by atoms with E-state index in [-0.39, 0.29) is 12.6 Å². The van der Waals surface area contributed by atoms with E-state index >= 15 is 0 Å². The molecule has 0 heterocycles. The summed E-state index contributed by atoms with van der Waals surface area (Å²) < 4.78 is 10.3. The number of esters is 1. The standard InChI is InChI=1S/C13H18O3S/c1-3-6-15-7-8-16-13(14)12-9-11(17)5-4-10(12)2/h4-5,9,17H,3,6-8H2,1-2H3. The van der Waals surface area contributed by atoms with Crippen molar-refractivity contribution in [2.45, 2.75) is 25.2 Å². The highest BCUT2D eigenvalue weighted by Gasteiger charge is 2.10. The molecule has 3 nitrogen and oxygen atoms in total. The van der Waals surface area contributed by atoms with Crippen LogP contribution in [0.3, 0.4) is 0 Å². The molecule has 0 atom stereocenters. The third-order valence-electron chi connectivity index (χ3n) is 2.25. The maximum Gasteiger partial charge on any atom is 0.338 e. The van der Waals surface area contributed by atoms with Gasteiger partial charge in [-0.3, -0.25) is 0 Å². The molecule has 1 aromatic carbocycles. The molecule has 4 heteroatoms. The van der Waals surface area contributed by atoms with E-state index in [1.54, 1.807) is 6.07 Å². The molecule has 0 saturated heterocycles. The molecule has 94 valence electrons. The van der Waals surface area contributed by atoms with Crippen molar-refractivity contribution < 1.29 is 14.3 Å². The van der Waals surface area contributed by atoms with Gasteiger partial charge in [-0.15, -0.1) is 12.6 Å². The van der Waals surface area contributed by atoms with E-state index in [0.29, 0.717) is 18.8 Å². The molecule has 0 aliphatic rings. The van der Waals surface area contributed by atoms with Crippen LogP contribution in [0, 0.1) is 6.92 Å². The molecule has 1 aromatic rings. The highest BCUT2D eigenvalue weighted by atomic mass is 32.1. The average molecular weight is 254 g/mol. The fourth-order valence-corrected chi connectivity index (χ4v) is 1.55. The largest absolute Gasteiger partial charge is 0.460 e. The van der Waals surface area contributed by atoms with Crippen molar-refractivity contribution in [1.29, 1.82) is 0 Å². The van der Waals surface area contributed by atoms with Gasteiger partial charge in [-0.1, -0.05) is 13.0 Å². The van der Waals surface area contributed by atoms with Crippen LogP contribution < -0.4 is 0 Å². The number of thiol groups is 1. The van der Waals surface area contributed by atoms with Gasteiger partial charge < -0.3 is 9.47 Å². The Bertz CT molecular complexity index is 377. The highest BCUT2D eigenvalue weighted by Crippen LogP contribution is 2.14. The lowest BCUT2D eigenvalue weighted by Gasteiger charge is -2.08. The number of ether oxygens (including phenoxy) is 2. The lowest BCUT2D eigenvalue weighted by molar-refractivity contribution is 0.0317. The van der Waals surface area contributed by atoms with Gasteiger partial charge in [0.2, 0.25) is 0 Å². The number of hydrogen-bond acceptors (Lipinski definition) is 4. The summed E-state index contributed by atoms with van der Waals surface area (Å²) in [6, 6.07) is 5.42. The zero-order valence-electron chi connectivity index (χ0n) is 10.2. The van der Waals surface area contributed by atoms with E-state index in [1.165, 1.54) is 0 Å². The van der Waals surface area contributed by atoms with E-state index in [2.05, 4.69) is 12.6 Å². The topological polar surface area (TPSA) is 35.5 Å². The Labute approximate surface area is 108 Å². The molecule has 0 radical (unpaired) electrons. The maximum atomic E-state index is 11.7. The molecule has 0 saturated carbocycles. The van der Waals surface area contributed by atoms with E-state index in [4.69, 9.17) is 9.47 Å². The average Bonchev–Trinajstić information content (AvgIpc) is 2.32. The minimum atomic E-state index is -0.321. The van der Waals surface area contributed by atoms with Crippen molar-refractivity contribution in [1.82, 2.24) is 0 Å². The molecular weight excluding hydrogens is 236 g/mol. The summed E-state index contributed by atoms with van der Waals surface area (Å²) in [6.07, 6.45) is 0.967. The quantitative estimate of drug-likeness (QED) is 0.481. The normalized spacial score (nSPS) is 10.3. The Kier molecular flexibility index (Phi) is 6.08. The third kappa shape index (κ3) is 4.79. The molecule has 0 amide bonds. The summed E-state index contributed by atoms with van der Waals surface area (Å²) in [5.74, 6) is -0.321. The first kappa shape index (κ1) is 14.1. The van der Waals surface area contributed by atoms with Gasteiger partial charge >= 0.3 is 5.97 Å². The summed E-state index contributed by atoms with van der Waals surface area (Å²) in [7, 11) is 0. The van der Waals surface area contributed by atoms with E-state index < -0.39 is 0 Å². The van der Waals surface area contributed by atoms with Crippen molar-refractivity contribution >= 4 is 18.6 Å². The molecule has 0 N–H and O–H groups in total. The van der Waals surface area contributed by atoms with Crippen LogP contribution in [0.4, 0.5) is 0 Å². The Morgan fingerprint density at radius 2 is 2.06 bits per heavy atom. The van der Waals surface area contributed by atoms with Crippen molar-refractivity contribution in [2.24, 2.45) is 0 Å². The third-order valence-corrected chi connectivity index (χ3v) is 2.53. The number of benzene rings is 1. The van der Waals surface area contributed by atoms with Crippen molar-refractivity contribution in [3.63, 3.8) is 0 Å². The van der Waals surface area contributed by atoms with Crippen LogP contribution in [0.2, 0.25) is 0 Å². The van der Waals surface area contributed by atoms with E-state index in [1.807, 2.05) is 26.0 Å². The number of carbonyl (C=O) groups is 1. The van der Waals surface area contributed by atoms with Gasteiger partial charge in [-0.25, -0.2) is 4.79 Å². The molecule has 0 fully saturated rings. The highest BCUT2D eigenvalue weighted by molar-refractivity contribution is 7.80. The smallest absolute Gasteiger partial charge is 0.338 e. The fraction of sp³-hybridized carbons (Fsp3) is 0.462. The second-order valence-electron chi connectivity index (χ2n) is 3.75. The number of rotatable bonds is 6. The molecule has 0 bridgehead atoms. The number of carbonyl (C=O) groups excluding carboxylic acids is 1. The molecule has 17 heavy (non-hydrogen) atoms. The lowest BCUT2D eigenvalue weighted by Crippen LogP contribution is -2.12. The van der Waals surface area contributed by atoms with E-state index in [0.717, 1.165) is 16.9 Å². The predicted octanol–water partition coefficient (Wildman–Crippen LogP) is 2.87. The molecule has 0 aromatic heterocycles. The predicted molar refractivity (Wildman–Crippen MR) is 69.8 cm³/mol. The van der Waals surface area contributed by atoms with Gasteiger partial charge in [-0.2, -0.15) is 0 Å². The molecule has 0 unspecified atom stereocenters. The van der Waals surface area contributed by atoms with Gasteiger partial charge in [0.1, 0.15) is 6.61 Å². The van der Waals surface area contributed by atoms with Crippen LogP contribution >= 0.6 is 12.6 Å². The first-order chi connectivity index (χ1) is 8.15. The van der Waals surface area contributed by atoms with Crippen LogP contribution in [0.15, 0.2) is 23.1 Å². The number of hydrogen-bond donors (Lipinski definition) is 1. The van der Waals surface area contributed by atoms with Crippen LogP contribution in [-0.2, 0) is 9.47 Å². The fourth-order valence-electron chi connectivity index (χ4n) is 1.35. The zero-order chi connectivity index (χ0) is 12.7. The minimum Gasteiger partial charge on any atom is -0.460 e. The van der Waals surface area contributed by atoms with Crippen LogP contribution in [0.5, 0.6) is 0 Å². The second kappa shape index (κ2) is 7.35. The van der Waals surface area contributed by atoms with Gasteiger partial charge in [0.25, 0.3) is 0 Å². The summed E-state index contributed by atoms with van der Waals surface area (Å²) >= 11 is 4.20. The van der Waals surface area contributed by atoms with E-state index in [9.17, 15) is 4.79 Å². The summed E-state index contributed by atoms with van der Waals surface area (Å²) in [5, 5.41) is 0. The Morgan fingerprint density at radius 1 is 1.29 bits per heavy atom. The summed E-state index contributed by atoms with van der Waals surface area (Å²) in [6.45, 7) is 5.34. The summed E-state index contributed by atoms with van der Waals surface area (Å²) in [4.78, 5) is 12.5. The first-order valence-corrected chi connectivity index (χ1v) is 6.14. The molecular formula is C13H18O3S. The first-order valence-electron chi connectivity index (χ1n) is 5.69. The zero-order valence-corrected chi connectivity index (χ0v) is 11.1. The van der Waals surface area contributed by atoms with Crippen molar-refractivity contribution in [3.05, 3.63) is 29.3 Å². The molecule has 0 aliphatic carbocycles. The van der Waals surface area contributed by atoms with Gasteiger partial charge in [0, 0.05) is 11.5 Å². The van der Waals surface area contributed by atoms with Gasteiger partial charge in [0.05, 0.1) is 12.2 Å². The second-order valence-corrected chi connectivity index (χ2v) is 4.26. The SMILES string of the molecule is CCCOCCOC(=O)c1cc(S)ccc1C. The van der Waals surface area contributed by atoms with Crippen LogP contribution in [-0.4, -0.2) is 25.8 Å².